The highest BCUT2D eigenvalue weighted by Crippen LogP contribution is 2.11. The zero-order valence-electron chi connectivity index (χ0n) is 9.10. The number of rotatable bonds is 5. The largest absolute Gasteiger partial charge is 0.457 e. The van der Waals surface area contributed by atoms with E-state index >= 15 is 0 Å². The molecule has 1 rings (SSSR count). The van der Waals surface area contributed by atoms with Crippen LogP contribution >= 0.6 is 11.6 Å². The molecule has 0 aliphatic carbocycles. The topological polar surface area (TPSA) is 44.8 Å². The van der Waals surface area contributed by atoms with Crippen LogP contribution in [0.15, 0.2) is 24.3 Å². The summed E-state index contributed by atoms with van der Waals surface area (Å²) >= 11 is 5.75. The molecule has 1 aromatic rings. The van der Waals surface area contributed by atoms with Gasteiger partial charge in [-0.25, -0.2) is 4.79 Å². The fourth-order valence-corrected chi connectivity index (χ4v) is 1.27. The van der Waals surface area contributed by atoms with Crippen molar-refractivity contribution in [2.45, 2.75) is 6.29 Å². The standard InChI is InChI=1S/C11H13ClO4/c1-14-10(15-2)7-16-11(13)8-4-3-5-9(12)6-8/h3-6,10H,7H2,1-2H3. The smallest absolute Gasteiger partial charge is 0.338 e. The van der Waals surface area contributed by atoms with Crippen LogP contribution in [0.1, 0.15) is 10.4 Å². The lowest BCUT2D eigenvalue weighted by Gasteiger charge is -2.13. The Labute approximate surface area is 99.1 Å². The van der Waals surface area contributed by atoms with Crippen molar-refractivity contribution in [2.75, 3.05) is 20.8 Å². The van der Waals surface area contributed by atoms with Gasteiger partial charge in [0.1, 0.15) is 6.61 Å². The molecule has 0 aromatic heterocycles. The second kappa shape index (κ2) is 6.48. The SMILES string of the molecule is COC(COC(=O)c1cccc(Cl)c1)OC. The summed E-state index contributed by atoms with van der Waals surface area (Å²) in [6.07, 6.45) is -0.553. The number of hydrogen-bond donors (Lipinski definition) is 0. The van der Waals surface area contributed by atoms with Gasteiger partial charge in [-0.15, -0.1) is 0 Å². The van der Waals surface area contributed by atoms with Crippen LogP contribution in [0.25, 0.3) is 0 Å². The van der Waals surface area contributed by atoms with Crippen molar-refractivity contribution in [3.05, 3.63) is 34.9 Å². The van der Waals surface area contributed by atoms with E-state index in [1.54, 1.807) is 24.3 Å². The van der Waals surface area contributed by atoms with E-state index in [2.05, 4.69) is 0 Å². The fraction of sp³-hybridized carbons (Fsp3) is 0.364. The number of carbonyl (C=O) groups excluding carboxylic acids is 1. The first-order chi connectivity index (χ1) is 7.67. The normalized spacial score (nSPS) is 10.5. The van der Waals surface area contributed by atoms with E-state index in [0.717, 1.165) is 0 Å². The molecule has 0 aliphatic rings. The number of benzene rings is 1. The molecule has 16 heavy (non-hydrogen) atoms. The lowest BCUT2D eigenvalue weighted by atomic mass is 10.2. The van der Waals surface area contributed by atoms with Gasteiger partial charge < -0.3 is 14.2 Å². The van der Waals surface area contributed by atoms with Crippen molar-refractivity contribution in [1.29, 1.82) is 0 Å². The molecule has 0 radical (unpaired) electrons. The van der Waals surface area contributed by atoms with E-state index in [9.17, 15) is 4.79 Å². The minimum Gasteiger partial charge on any atom is -0.457 e. The quantitative estimate of drug-likeness (QED) is 0.588. The summed E-state index contributed by atoms with van der Waals surface area (Å²) in [6, 6.07) is 6.54. The zero-order chi connectivity index (χ0) is 12.0. The van der Waals surface area contributed by atoms with E-state index in [1.807, 2.05) is 0 Å². The highest BCUT2D eigenvalue weighted by atomic mass is 35.5. The maximum Gasteiger partial charge on any atom is 0.338 e. The molecule has 0 saturated carbocycles. The molecular weight excluding hydrogens is 232 g/mol. The fourth-order valence-electron chi connectivity index (χ4n) is 1.07. The van der Waals surface area contributed by atoms with Crippen molar-refractivity contribution in [3.63, 3.8) is 0 Å². The lowest BCUT2D eigenvalue weighted by molar-refractivity contribution is -0.129. The first kappa shape index (κ1) is 13.0. The van der Waals surface area contributed by atoms with E-state index in [-0.39, 0.29) is 6.61 Å². The predicted octanol–water partition coefficient (Wildman–Crippen LogP) is 2.12. The number of halogens is 1. The van der Waals surface area contributed by atoms with Gasteiger partial charge in [0.15, 0.2) is 6.29 Å². The third-order valence-corrected chi connectivity index (χ3v) is 2.17. The summed E-state index contributed by atoms with van der Waals surface area (Å²) in [5.74, 6) is -0.457. The summed E-state index contributed by atoms with van der Waals surface area (Å²) in [5, 5.41) is 0.490. The van der Waals surface area contributed by atoms with Gasteiger partial charge in [-0.05, 0) is 18.2 Å². The summed E-state index contributed by atoms with van der Waals surface area (Å²) in [4.78, 5) is 11.5. The summed E-state index contributed by atoms with van der Waals surface area (Å²) in [7, 11) is 2.95. The number of ether oxygens (including phenoxy) is 3. The molecule has 5 heteroatoms. The first-order valence-electron chi connectivity index (χ1n) is 4.65. The molecule has 0 heterocycles. The summed E-state index contributed by atoms with van der Waals surface area (Å²) in [6.45, 7) is 0.0400. The van der Waals surface area contributed by atoms with Crippen molar-refractivity contribution in [3.8, 4) is 0 Å². The lowest BCUT2D eigenvalue weighted by Crippen LogP contribution is -2.22. The summed E-state index contributed by atoms with van der Waals surface area (Å²) < 4.78 is 14.7. The van der Waals surface area contributed by atoms with Crippen LogP contribution < -0.4 is 0 Å². The highest BCUT2D eigenvalue weighted by Gasteiger charge is 2.11. The van der Waals surface area contributed by atoms with E-state index < -0.39 is 12.3 Å². The predicted molar refractivity (Wildman–Crippen MR) is 59.5 cm³/mol. The third-order valence-electron chi connectivity index (χ3n) is 1.94. The zero-order valence-corrected chi connectivity index (χ0v) is 9.86. The van der Waals surface area contributed by atoms with Crippen LogP contribution in [0, 0.1) is 0 Å². The van der Waals surface area contributed by atoms with Crippen LogP contribution in [-0.2, 0) is 14.2 Å². The van der Waals surface area contributed by atoms with Gasteiger partial charge in [-0.2, -0.15) is 0 Å². The Morgan fingerprint density at radius 2 is 2.06 bits per heavy atom. The molecule has 0 N–H and O–H groups in total. The Morgan fingerprint density at radius 3 is 2.62 bits per heavy atom. The third kappa shape index (κ3) is 3.81. The number of methoxy groups -OCH3 is 2. The maximum atomic E-state index is 11.5. The molecule has 0 unspecified atom stereocenters. The van der Waals surface area contributed by atoms with E-state index in [4.69, 9.17) is 25.8 Å². The molecule has 0 saturated heterocycles. The molecule has 1 aromatic carbocycles. The minimum atomic E-state index is -0.553. The second-order valence-corrected chi connectivity index (χ2v) is 3.45. The van der Waals surface area contributed by atoms with Gasteiger partial charge in [-0.1, -0.05) is 17.7 Å². The Morgan fingerprint density at radius 1 is 1.38 bits per heavy atom. The molecule has 0 fully saturated rings. The van der Waals surface area contributed by atoms with Gasteiger partial charge in [-0.3, -0.25) is 0 Å². The summed E-state index contributed by atoms with van der Waals surface area (Å²) in [5.41, 5.74) is 0.401. The Kier molecular flexibility index (Phi) is 5.25. The Hall–Kier alpha value is -1.10. The molecule has 0 amide bonds. The minimum absolute atomic E-state index is 0.0400. The van der Waals surface area contributed by atoms with Gasteiger partial charge in [0.25, 0.3) is 0 Å². The average molecular weight is 245 g/mol. The Bertz CT molecular complexity index is 350. The average Bonchev–Trinajstić information content (AvgIpc) is 2.30. The van der Waals surface area contributed by atoms with Crippen LogP contribution in [0.3, 0.4) is 0 Å². The molecule has 0 spiro atoms. The number of hydrogen-bond acceptors (Lipinski definition) is 4. The first-order valence-corrected chi connectivity index (χ1v) is 5.03. The molecule has 0 atom stereocenters. The van der Waals surface area contributed by atoms with Crippen LogP contribution in [0.2, 0.25) is 5.02 Å². The van der Waals surface area contributed by atoms with Gasteiger partial charge in [0.2, 0.25) is 0 Å². The molecule has 0 bridgehead atoms. The van der Waals surface area contributed by atoms with Crippen molar-refractivity contribution in [1.82, 2.24) is 0 Å². The van der Waals surface area contributed by atoms with Crippen LogP contribution in [-0.4, -0.2) is 33.1 Å². The highest BCUT2D eigenvalue weighted by molar-refractivity contribution is 6.30. The van der Waals surface area contributed by atoms with E-state index in [0.29, 0.717) is 10.6 Å². The molecule has 0 aliphatic heterocycles. The molecular formula is C11H13ClO4. The van der Waals surface area contributed by atoms with Crippen LogP contribution in [0.5, 0.6) is 0 Å². The number of esters is 1. The molecule has 4 nitrogen and oxygen atoms in total. The molecule has 88 valence electrons. The van der Waals surface area contributed by atoms with Gasteiger partial charge in [0, 0.05) is 19.2 Å². The van der Waals surface area contributed by atoms with Crippen molar-refractivity contribution in [2.24, 2.45) is 0 Å². The van der Waals surface area contributed by atoms with Crippen molar-refractivity contribution < 1.29 is 19.0 Å². The monoisotopic (exact) mass is 244 g/mol. The van der Waals surface area contributed by atoms with E-state index in [1.165, 1.54) is 14.2 Å². The van der Waals surface area contributed by atoms with Gasteiger partial charge >= 0.3 is 5.97 Å². The second-order valence-electron chi connectivity index (χ2n) is 3.01. The van der Waals surface area contributed by atoms with Gasteiger partial charge in [0.05, 0.1) is 5.56 Å². The van der Waals surface area contributed by atoms with Crippen molar-refractivity contribution >= 4 is 17.6 Å². The number of carbonyl (C=O) groups is 1. The Balaban J connectivity index is 2.52. The maximum absolute atomic E-state index is 11.5. The van der Waals surface area contributed by atoms with Crippen LogP contribution in [0.4, 0.5) is 0 Å².